The summed E-state index contributed by atoms with van der Waals surface area (Å²) in [4.78, 5) is 33.7. The van der Waals surface area contributed by atoms with Crippen LogP contribution in [0.2, 0.25) is 0 Å². The first-order valence-electron chi connectivity index (χ1n) is 6.19. The van der Waals surface area contributed by atoms with Crippen LogP contribution in [0.5, 0.6) is 5.75 Å². The van der Waals surface area contributed by atoms with Gasteiger partial charge in [-0.05, 0) is 18.6 Å². The molecule has 0 unspecified atom stereocenters. The summed E-state index contributed by atoms with van der Waals surface area (Å²) < 4.78 is 4.68. The molecular weight excluding hydrogens is 294 g/mol. The Morgan fingerprint density at radius 3 is 2.73 bits per heavy atom. The molecule has 2 amide bonds. The number of nitro benzene ring substituents is 1. The fourth-order valence-electron chi connectivity index (χ4n) is 2.19. The number of allylic oxidation sites excluding steroid dienone is 1. The van der Waals surface area contributed by atoms with E-state index < -0.39 is 34.4 Å². The number of benzene rings is 1. The van der Waals surface area contributed by atoms with Crippen molar-refractivity contribution < 1.29 is 24.4 Å². The Morgan fingerprint density at radius 2 is 2.14 bits per heavy atom. The topological polar surface area (TPSA) is 131 Å². The van der Waals surface area contributed by atoms with E-state index in [9.17, 15) is 24.8 Å². The summed E-state index contributed by atoms with van der Waals surface area (Å²) in [7, 11) is 1.19. The molecular formula is C13H13N3O6. The zero-order chi connectivity index (χ0) is 16.4. The van der Waals surface area contributed by atoms with Crippen LogP contribution in [0.25, 0.3) is 0 Å². The van der Waals surface area contributed by atoms with Gasteiger partial charge in [-0.1, -0.05) is 6.07 Å². The molecule has 0 aromatic heterocycles. The monoisotopic (exact) mass is 307 g/mol. The lowest BCUT2D eigenvalue weighted by molar-refractivity contribution is -0.385. The van der Waals surface area contributed by atoms with Gasteiger partial charge in [0.25, 0.3) is 0 Å². The number of methoxy groups -OCH3 is 1. The molecule has 0 saturated heterocycles. The van der Waals surface area contributed by atoms with Gasteiger partial charge in [-0.15, -0.1) is 0 Å². The summed E-state index contributed by atoms with van der Waals surface area (Å²) in [6.45, 7) is 1.52. The highest BCUT2D eigenvalue weighted by Gasteiger charge is 2.33. The first-order valence-corrected chi connectivity index (χ1v) is 6.19. The number of carbonyl (C=O) groups excluding carboxylic acids is 2. The van der Waals surface area contributed by atoms with Crippen molar-refractivity contribution in [2.45, 2.75) is 13.0 Å². The number of ether oxygens (including phenoxy) is 1. The normalized spacial score (nSPS) is 17.5. The standard InChI is InChI=1S/C13H13N3O6/c1-6-10(12(18)22-2)11(15-13(19)14-6)7-3-4-9(17)8(5-7)16(20)21/h3-5,11,17H,1-2H3,(H2,14,15,19)/t11-/m1/s1. The number of carbonyl (C=O) groups is 2. The molecule has 1 aliphatic rings. The summed E-state index contributed by atoms with van der Waals surface area (Å²) in [5.74, 6) is -1.18. The van der Waals surface area contributed by atoms with Crippen molar-refractivity contribution in [2.24, 2.45) is 0 Å². The van der Waals surface area contributed by atoms with Gasteiger partial charge in [0.1, 0.15) is 0 Å². The lowest BCUT2D eigenvalue weighted by atomic mass is 9.95. The summed E-state index contributed by atoms with van der Waals surface area (Å²) >= 11 is 0. The Hall–Kier alpha value is -3.10. The quantitative estimate of drug-likeness (QED) is 0.435. The van der Waals surface area contributed by atoms with Crippen molar-refractivity contribution in [3.63, 3.8) is 0 Å². The van der Waals surface area contributed by atoms with Crippen molar-refractivity contribution in [3.8, 4) is 5.75 Å². The third-order valence-electron chi connectivity index (χ3n) is 3.20. The van der Waals surface area contributed by atoms with Gasteiger partial charge in [-0.2, -0.15) is 0 Å². The molecule has 0 spiro atoms. The Labute approximate surface area is 124 Å². The number of aromatic hydroxyl groups is 1. The number of esters is 1. The molecule has 9 heteroatoms. The second-order valence-corrected chi connectivity index (χ2v) is 4.57. The molecule has 1 aromatic carbocycles. The second-order valence-electron chi connectivity index (χ2n) is 4.57. The summed E-state index contributed by atoms with van der Waals surface area (Å²) in [5.41, 5.74) is 0.171. The minimum absolute atomic E-state index is 0.127. The van der Waals surface area contributed by atoms with Gasteiger partial charge < -0.3 is 20.5 Å². The highest BCUT2D eigenvalue weighted by Crippen LogP contribution is 2.33. The van der Waals surface area contributed by atoms with Crippen molar-refractivity contribution in [3.05, 3.63) is 45.1 Å². The third-order valence-corrected chi connectivity index (χ3v) is 3.20. The van der Waals surface area contributed by atoms with E-state index in [1.807, 2.05) is 0 Å². The lowest BCUT2D eigenvalue weighted by Gasteiger charge is -2.27. The van der Waals surface area contributed by atoms with Gasteiger partial charge >= 0.3 is 17.7 Å². The Bertz CT molecular complexity index is 697. The van der Waals surface area contributed by atoms with Gasteiger partial charge in [0.2, 0.25) is 0 Å². The molecule has 1 atom stereocenters. The van der Waals surface area contributed by atoms with Crippen LogP contribution in [0.15, 0.2) is 29.5 Å². The first kappa shape index (κ1) is 15.3. The van der Waals surface area contributed by atoms with E-state index in [1.54, 1.807) is 0 Å². The minimum atomic E-state index is -0.916. The number of nitro groups is 1. The molecule has 0 radical (unpaired) electrons. The number of nitrogens with zero attached hydrogens (tertiary/aromatic N) is 1. The number of phenols is 1. The summed E-state index contributed by atoms with van der Waals surface area (Å²) in [6.07, 6.45) is 0. The lowest BCUT2D eigenvalue weighted by Crippen LogP contribution is -2.45. The van der Waals surface area contributed by atoms with E-state index in [0.29, 0.717) is 0 Å². The minimum Gasteiger partial charge on any atom is -0.502 e. The first-order chi connectivity index (χ1) is 10.3. The average molecular weight is 307 g/mol. The molecule has 0 aliphatic carbocycles. The van der Waals surface area contributed by atoms with Crippen LogP contribution in [-0.2, 0) is 9.53 Å². The van der Waals surface area contributed by atoms with Crippen LogP contribution in [0.1, 0.15) is 18.5 Å². The van der Waals surface area contributed by atoms with E-state index in [1.165, 1.54) is 20.1 Å². The maximum Gasteiger partial charge on any atom is 0.337 e. The Kier molecular flexibility index (Phi) is 3.97. The predicted molar refractivity (Wildman–Crippen MR) is 73.9 cm³/mol. The largest absolute Gasteiger partial charge is 0.502 e. The Morgan fingerprint density at radius 1 is 1.45 bits per heavy atom. The van der Waals surface area contributed by atoms with Gasteiger partial charge in [-0.25, -0.2) is 9.59 Å². The molecule has 3 N–H and O–H groups in total. The summed E-state index contributed by atoms with van der Waals surface area (Å²) in [5, 5.41) is 25.3. The molecule has 1 aliphatic heterocycles. The van der Waals surface area contributed by atoms with E-state index in [0.717, 1.165) is 12.1 Å². The molecule has 116 valence electrons. The third kappa shape index (κ3) is 2.68. The van der Waals surface area contributed by atoms with Crippen LogP contribution in [-0.4, -0.2) is 29.1 Å². The van der Waals surface area contributed by atoms with Crippen LogP contribution < -0.4 is 10.6 Å². The molecule has 0 fully saturated rings. The van der Waals surface area contributed by atoms with Gasteiger partial charge in [0, 0.05) is 11.8 Å². The Balaban J connectivity index is 2.55. The number of urea groups is 1. The van der Waals surface area contributed by atoms with Gasteiger partial charge in [0.05, 0.1) is 23.6 Å². The number of phenolic OH excluding ortho intramolecular Hbond substituents is 1. The van der Waals surface area contributed by atoms with Crippen molar-refractivity contribution in [2.75, 3.05) is 7.11 Å². The van der Waals surface area contributed by atoms with Gasteiger partial charge in [0.15, 0.2) is 5.75 Å². The fraction of sp³-hybridized carbons (Fsp3) is 0.231. The molecule has 22 heavy (non-hydrogen) atoms. The number of nitrogens with one attached hydrogen (secondary N) is 2. The molecule has 1 aromatic rings. The van der Waals surface area contributed by atoms with Crippen molar-refractivity contribution >= 4 is 17.7 Å². The van der Waals surface area contributed by atoms with E-state index in [4.69, 9.17) is 0 Å². The number of hydrogen-bond donors (Lipinski definition) is 3. The van der Waals surface area contributed by atoms with E-state index in [-0.39, 0.29) is 16.8 Å². The summed E-state index contributed by atoms with van der Waals surface area (Å²) in [6, 6.07) is 2.15. The van der Waals surface area contributed by atoms with Crippen molar-refractivity contribution in [1.82, 2.24) is 10.6 Å². The predicted octanol–water partition coefficient (Wildman–Crippen LogP) is 1.10. The van der Waals surface area contributed by atoms with Gasteiger partial charge in [-0.3, -0.25) is 10.1 Å². The highest BCUT2D eigenvalue weighted by atomic mass is 16.6. The molecule has 0 saturated carbocycles. The maximum absolute atomic E-state index is 11.9. The highest BCUT2D eigenvalue weighted by molar-refractivity contribution is 5.95. The van der Waals surface area contributed by atoms with Crippen LogP contribution in [0, 0.1) is 10.1 Å². The van der Waals surface area contributed by atoms with Crippen LogP contribution in [0.4, 0.5) is 10.5 Å². The van der Waals surface area contributed by atoms with Crippen LogP contribution >= 0.6 is 0 Å². The maximum atomic E-state index is 11.9. The zero-order valence-corrected chi connectivity index (χ0v) is 11.7. The molecule has 2 rings (SSSR count). The molecule has 9 nitrogen and oxygen atoms in total. The number of amides is 2. The molecule has 0 bridgehead atoms. The fourth-order valence-corrected chi connectivity index (χ4v) is 2.19. The average Bonchev–Trinajstić information content (AvgIpc) is 2.46. The smallest absolute Gasteiger partial charge is 0.337 e. The second kappa shape index (κ2) is 5.72. The SMILES string of the molecule is COC(=O)C1=C(C)NC(=O)N[C@@H]1c1ccc(O)c([N+](=O)[O-])c1. The van der Waals surface area contributed by atoms with Crippen LogP contribution in [0.3, 0.4) is 0 Å². The number of rotatable bonds is 3. The number of hydrogen-bond acceptors (Lipinski definition) is 6. The van der Waals surface area contributed by atoms with E-state index in [2.05, 4.69) is 15.4 Å². The van der Waals surface area contributed by atoms with E-state index >= 15 is 0 Å². The zero-order valence-electron chi connectivity index (χ0n) is 11.7. The molecule has 1 heterocycles. The van der Waals surface area contributed by atoms with Crippen molar-refractivity contribution in [1.29, 1.82) is 0 Å².